The highest BCUT2D eigenvalue weighted by atomic mass is 16.4. The molecule has 1 unspecified atom stereocenters. The maximum atomic E-state index is 12.1. The van der Waals surface area contributed by atoms with E-state index in [0.717, 1.165) is 11.1 Å². The van der Waals surface area contributed by atoms with Gasteiger partial charge in [0, 0.05) is 18.1 Å². The number of imide groups is 1. The molecule has 1 aliphatic rings. The van der Waals surface area contributed by atoms with Gasteiger partial charge in [0.1, 0.15) is 0 Å². The van der Waals surface area contributed by atoms with Crippen LogP contribution >= 0.6 is 0 Å². The van der Waals surface area contributed by atoms with Gasteiger partial charge < -0.3 is 10.4 Å². The molecule has 2 aromatic rings. The van der Waals surface area contributed by atoms with Crippen LogP contribution in [0.15, 0.2) is 60.1 Å². The average Bonchev–Trinajstić information content (AvgIpc) is 2.62. The number of hydrogen-bond acceptors (Lipinski definition) is 4. The van der Waals surface area contributed by atoms with Crippen molar-refractivity contribution in [3.63, 3.8) is 0 Å². The van der Waals surface area contributed by atoms with Crippen LogP contribution in [-0.2, 0) is 0 Å². The van der Waals surface area contributed by atoms with Gasteiger partial charge in [0.05, 0.1) is 17.7 Å². The minimum absolute atomic E-state index is 0.109. The number of carbonyl (C=O) groups excluding carboxylic acids is 1. The van der Waals surface area contributed by atoms with Crippen LogP contribution in [-0.4, -0.2) is 27.1 Å². The highest BCUT2D eigenvalue weighted by Crippen LogP contribution is 2.32. The smallest absolute Gasteiger partial charge is 0.419 e. The number of benzene rings is 1. The summed E-state index contributed by atoms with van der Waals surface area (Å²) in [6.07, 6.45) is 1.94. The molecule has 7 nitrogen and oxygen atoms in total. The van der Waals surface area contributed by atoms with Gasteiger partial charge in [-0.25, -0.2) is 14.5 Å². The zero-order chi connectivity index (χ0) is 18.0. The summed E-state index contributed by atoms with van der Waals surface area (Å²) in [5.74, 6) is 0. The number of amides is 3. The van der Waals surface area contributed by atoms with Crippen LogP contribution in [0.2, 0.25) is 0 Å². The molecule has 1 aliphatic heterocycles. The number of carbonyl (C=O) groups is 2. The van der Waals surface area contributed by atoms with E-state index in [-0.39, 0.29) is 11.3 Å². The molecule has 0 saturated carbocycles. The summed E-state index contributed by atoms with van der Waals surface area (Å²) in [5.41, 5.74) is 2.85. The number of aromatic nitrogens is 1. The van der Waals surface area contributed by atoms with Crippen LogP contribution < -0.4 is 5.32 Å². The minimum atomic E-state index is -1.42. The molecular formula is C18H14N4O3. The lowest BCUT2D eigenvalue weighted by Crippen LogP contribution is -2.48. The van der Waals surface area contributed by atoms with Gasteiger partial charge in [-0.1, -0.05) is 18.2 Å². The number of carboxylic acid groups (broad SMARTS) is 1. The fourth-order valence-electron chi connectivity index (χ4n) is 2.81. The number of rotatable bonds is 2. The quantitative estimate of drug-likeness (QED) is 0.876. The Hall–Kier alpha value is -3.66. The number of allylic oxidation sites excluding steroid dienone is 1. The number of urea groups is 1. The van der Waals surface area contributed by atoms with E-state index in [1.54, 1.807) is 18.5 Å². The Bertz CT molecular complexity index is 915. The zero-order valence-electron chi connectivity index (χ0n) is 13.3. The van der Waals surface area contributed by atoms with Crippen LogP contribution in [0.3, 0.4) is 0 Å². The van der Waals surface area contributed by atoms with E-state index >= 15 is 0 Å². The van der Waals surface area contributed by atoms with Crippen LogP contribution in [0.4, 0.5) is 9.59 Å². The Morgan fingerprint density at radius 1 is 1.28 bits per heavy atom. The van der Waals surface area contributed by atoms with Crippen LogP contribution in [0.1, 0.15) is 18.5 Å². The van der Waals surface area contributed by atoms with Gasteiger partial charge in [0.15, 0.2) is 0 Å². The molecule has 0 spiro atoms. The van der Waals surface area contributed by atoms with Crippen molar-refractivity contribution >= 4 is 12.1 Å². The summed E-state index contributed by atoms with van der Waals surface area (Å²) in [6, 6.07) is 11.6. The lowest BCUT2D eigenvalue weighted by atomic mass is 9.93. The third kappa shape index (κ3) is 2.93. The molecule has 0 aliphatic carbocycles. The molecule has 1 aromatic heterocycles. The van der Waals surface area contributed by atoms with Crippen molar-refractivity contribution in [2.75, 3.05) is 0 Å². The predicted molar refractivity (Wildman–Crippen MR) is 89.1 cm³/mol. The molecule has 7 heteroatoms. The maximum Gasteiger partial charge on any atom is 0.419 e. The summed E-state index contributed by atoms with van der Waals surface area (Å²) in [6.45, 7) is 1.45. The third-order valence-corrected chi connectivity index (χ3v) is 4.03. The van der Waals surface area contributed by atoms with Crippen molar-refractivity contribution in [1.29, 1.82) is 5.26 Å². The third-order valence-electron chi connectivity index (χ3n) is 4.03. The van der Waals surface area contributed by atoms with Crippen molar-refractivity contribution in [2.24, 2.45) is 0 Å². The molecule has 0 radical (unpaired) electrons. The molecule has 124 valence electrons. The van der Waals surface area contributed by atoms with Crippen LogP contribution in [0, 0.1) is 11.3 Å². The first-order valence-electron chi connectivity index (χ1n) is 7.47. The highest BCUT2D eigenvalue weighted by Gasteiger charge is 2.35. The Labute approximate surface area is 143 Å². The van der Waals surface area contributed by atoms with E-state index in [9.17, 15) is 14.9 Å². The van der Waals surface area contributed by atoms with Gasteiger partial charge in [-0.3, -0.25) is 4.98 Å². The molecule has 2 N–H and O–H groups in total. The first-order valence-corrected chi connectivity index (χ1v) is 7.47. The number of nitrogens with one attached hydrogen (secondary N) is 1. The highest BCUT2D eigenvalue weighted by molar-refractivity contribution is 5.94. The van der Waals surface area contributed by atoms with Crippen molar-refractivity contribution in [3.8, 4) is 17.2 Å². The van der Waals surface area contributed by atoms with Crippen LogP contribution in [0.5, 0.6) is 0 Å². The van der Waals surface area contributed by atoms with E-state index in [1.165, 1.54) is 6.92 Å². The monoisotopic (exact) mass is 334 g/mol. The number of nitriles is 1. The molecular weight excluding hydrogens is 320 g/mol. The lowest BCUT2D eigenvalue weighted by Gasteiger charge is -2.31. The molecule has 3 rings (SSSR count). The topological polar surface area (TPSA) is 106 Å². The van der Waals surface area contributed by atoms with Crippen molar-refractivity contribution in [3.05, 3.63) is 65.6 Å². The SMILES string of the molecule is CC1=C(C#N)C(c2cccc(-c3ccncc3)c2)NC(=O)N1C(=O)O. The molecule has 1 atom stereocenters. The van der Waals surface area contributed by atoms with Crippen molar-refractivity contribution in [2.45, 2.75) is 13.0 Å². The van der Waals surface area contributed by atoms with Gasteiger partial charge in [0.2, 0.25) is 0 Å². The summed E-state index contributed by atoms with van der Waals surface area (Å²) >= 11 is 0. The number of nitrogens with zero attached hydrogens (tertiary/aromatic N) is 3. The van der Waals surface area contributed by atoms with Gasteiger partial charge in [-0.05, 0) is 41.8 Å². The molecule has 0 bridgehead atoms. The number of pyridine rings is 1. The Balaban J connectivity index is 2.06. The lowest BCUT2D eigenvalue weighted by molar-refractivity contribution is 0.155. The first kappa shape index (κ1) is 16.2. The van der Waals surface area contributed by atoms with Crippen molar-refractivity contribution < 1.29 is 14.7 Å². The zero-order valence-corrected chi connectivity index (χ0v) is 13.3. The fraction of sp³-hybridized carbons (Fsp3) is 0.111. The summed E-state index contributed by atoms with van der Waals surface area (Å²) in [7, 11) is 0. The summed E-state index contributed by atoms with van der Waals surface area (Å²) in [4.78, 5) is 27.9. The largest absolute Gasteiger partial charge is 0.464 e. The second-order valence-corrected chi connectivity index (χ2v) is 5.47. The Morgan fingerprint density at radius 3 is 2.64 bits per heavy atom. The van der Waals surface area contributed by atoms with Gasteiger partial charge >= 0.3 is 12.1 Å². The van der Waals surface area contributed by atoms with Crippen molar-refractivity contribution in [1.82, 2.24) is 15.2 Å². The molecule has 2 heterocycles. The van der Waals surface area contributed by atoms with E-state index in [0.29, 0.717) is 10.5 Å². The second kappa shape index (κ2) is 6.45. The van der Waals surface area contributed by atoms with Gasteiger partial charge in [-0.2, -0.15) is 5.26 Å². The fourth-order valence-corrected chi connectivity index (χ4v) is 2.81. The predicted octanol–water partition coefficient (Wildman–Crippen LogP) is 3.29. The van der Waals surface area contributed by atoms with Gasteiger partial charge in [-0.15, -0.1) is 0 Å². The standard InChI is InChI=1S/C18H14N4O3/c1-11-15(10-19)16(21-17(23)22(11)18(24)25)14-4-2-3-13(9-14)12-5-7-20-8-6-12/h2-9,16H,1H3,(H,21,23)(H,24,25). The molecule has 3 amide bonds. The Kier molecular flexibility index (Phi) is 4.18. The molecule has 25 heavy (non-hydrogen) atoms. The van der Waals surface area contributed by atoms with E-state index in [1.807, 2.05) is 36.4 Å². The number of hydrogen-bond donors (Lipinski definition) is 2. The average molecular weight is 334 g/mol. The maximum absolute atomic E-state index is 12.1. The van der Waals surface area contributed by atoms with E-state index in [4.69, 9.17) is 5.11 Å². The Morgan fingerprint density at radius 2 is 2.00 bits per heavy atom. The van der Waals surface area contributed by atoms with E-state index < -0.39 is 18.2 Å². The molecule has 1 aromatic carbocycles. The van der Waals surface area contributed by atoms with E-state index in [2.05, 4.69) is 10.3 Å². The normalized spacial score (nSPS) is 17.0. The van der Waals surface area contributed by atoms with Crippen LogP contribution in [0.25, 0.3) is 11.1 Å². The first-order chi connectivity index (χ1) is 12.0. The van der Waals surface area contributed by atoms with Gasteiger partial charge in [0.25, 0.3) is 0 Å². The summed E-state index contributed by atoms with van der Waals surface area (Å²) in [5, 5.41) is 21.2. The minimum Gasteiger partial charge on any atom is -0.464 e. The molecule has 0 fully saturated rings. The molecule has 0 saturated heterocycles. The summed E-state index contributed by atoms with van der Waals surface area (Å²) < 4.78 is 0. The second-order valence-electron chi connectivity index (χ2n) is 5.47.